The fourth-order valence-corrected chi connectivity index (χ4v) is 4.33. The maximum absolute atomic E-state index is 11.1. The summed E-state index contributed by atoms with van der Waals surface area (Å²) in [5.74, 6) is 0.850. The number of carbonyl (C=O) groups is 1. The number of unbranched alkanes of at least 4 members (excludes halogenated alkanes) is 2. The first-order valence-electron chi connectivity index (χ1n) is 8.35. The third kappa shape index (κ3) is 3.80. The number of carbonyl (C=O) groups excluding carboxylic acids is 1. The number of fused-ring (bicyclic) bond motifs is 3. The zero-order chi connectivity index (χ0) is 16.1. The van der Waals surface area contributed by atoms with Crippen molar-refractivity contribution in [3.8, 4) is 0 Å². The maximum Gasteiger partial charge on any atom is 0.305 e. The van der Waals surface area contributed by atoms with Gasteiger partial charge in [-0.3, -0.25) is 4.79 Å². The molecule has 5 nitrogen and oxygen atoms in total. The predicted octanol–water partition coefficient (Wildman–Crippen LogP) is 3.72. The van der Waals surface area contributed by atoms with Gasteiger partial charge in [0, 0.05) is 17.8 Å². The van der Waals surface area contributed by atoms with Gasteiger partial charge in [0.2, 0.25) is 0 Å². The van der Waals surface area contributed by atoms with Gasteiger partial charge in [0.05, 0.1) is 12.5 Å². The second-order valence-corrected chi connectivity index (χ2v) is 7.01. The van der Waals surface area contributed by atoms with E-state index in [2.05, 4.69) is 20.0 Å². The highest BCUT2D eigenvalue weighted by Gasteiger charge is 2.19. The number of nitrogens with zero attached hydrogens (tertiary/aromatic N) is 2. The lowest BCUT2D eigenvalue weighted by atomic mass is 9.97. The molecule has 1 aliphatic carbocycles. The molecule has 0 radical (unpaired) electrons. The molecule has 2 aromatic heterocycles. The minimum Gasteiger partial charge on any atom is -0.469 e. The molecule has 0 unspecified atom stereocenters. The maximum atomic E-state index is 11.1. The molecule has 1 aliphatic rings. The Kier molecular flexibility index (Phi) is 5.43. The van der Waals surface area contributed by atoms with Gasteiger partial charge in [0.1, 0.15) is 17.0 Å². The third-order valence-corrected chi connectivity index (χ3v) is 5.53. The molecule has 0 atom stereocenters. The molecule has 2 heterocycles. The van der Waals surface area contributed by atoms with Crippen LogP contribution in [0.3, 0.4) is 0 Å². The van der Waals surface area contributed by atoms with Crippen LogP contribution in [0.15, 0.2) is 6.33 Å². The Morgan fingerprint density at radius 2 is 2.13 bits per heavy atom. The summed E-state index contributed by atoms with van der Waals surface area (Å²) in [6.07, 6.45) is 9.96. The second-order valence-electron chi connectivity index (χ2n) is 5.93. The summed E-state index contributed by atoms with van der Waals surface area (Å²) in [6, 6.07) is 0. The summed E-state index contributed by atoms with van der Waals surface area (Å²) in [5, 5.41) is 4.70. The number of hydrogen-bond donors (Lipinski definition) is 1. The number of anilines is 1. The predicted molar refractivity (Wildman–Crippen MR) is 93.0 cm³/mol. The highest BCUT2D eigenvalue weighted by Crippen LogP contribution is 2.38. The Labute approximate surface area is 140 Å². The monoisotopic (exact) mass is 333 g/mol. The molecule has 0 aromatic carbocycles. The molecule has 0 fully saturated rings. The molecule has 0 spiro atoms. The van der Waals surface area contributed by atoms with Crippen molar-refractivity contribution in [3.05, 3.63) is 16.8 Å². The average molecular weight is 333 g/mol. The SMILES string of the molecule is COC(=O)CCCCCNc1ncnc2sc3c(c12)CCCC3. The molecule has 6 heteroatoms. The van der Waals surface area contributed by atoms with Gasteiger partial charge in [-0.25, -0.2) is 9.97 Å². The van der Waals surface area contributed by atoms with E-state index in [-0.39, 0.29) is 5.97 Å². The number of thiophene rings is 1. The van der Waals surface area contributed by atoms with E-state index in [0.29, 0.717) is 6.42 Å². The summed E-state index contributed by atoms with van der Waals surface area (Å²) in [7, 11) is 1.44. The smallest absolute Gasteiger partial charge is 0.305 e. The van der Waals surface area contributed by atoms with E-state index in [1.807, 2.05) is 11.3 Å². The van der Waals surface area contributed by atoms with Crippen LogP contribution in [-0.2, 0) is 22.4 Å². The summed E-state index contributed by atoms with van der Waals surface area (Å²) in [6.45, 7) is 0.873. The number of hydrogen-bond acceptors (Lipinski definition) is 6. The normalized spacial score (nSPS) is 13.8. The zero-order valence-corrected chi connectivity index (χ0v) is 14.4. The highest BCUT2D eigenvalue weighted by molar-refractivity contribution is 7.19. The van der Waals surface area contributed by atoms with Crippen molar-refractivity contribution in [2.24, 2.45) is 0 Å². The van der Waals surface area contributed by atoms with E-state index in [9.17, 15) is 4.79 Å². The number of esters is 1. The largest absolute Gasteiger partial charge is 0.469 e. The molecule has 0 amide bonds. The van der Waals surface area contributed by atoms with Gasteiger partial charge < -0.3 is 10.1 Å². The second kappa shape index (κ2) is 7.73. The summed E-state index contributed by atoms with van der Waals surface area (Å²) < 4.78 is 4.65. The molecule has 2 aromatic rings. The fourth-order valence-electron chi connectivity index (χ4n) is 3.10. The van der Waals surface area contributed by atoms with E-state index in [1.54, 1.807) is 6.33 Å². The van der Waals surface area contributed by atoms with E-state index in [0.717, 1.165) is 42.9 Å². The number of nitrogens with one attached hydrogen (secondary N) is 1. The van der Waals surface area contributed by atoms with Gasteiger partial charge in [0.15, 0.2) is 0 Å². The van der Waals surface area contributed by atoms with Gasteiger partial charge in [-0.1, -0.05) is 6.42 Å². The van der Waals surface area contributed by atoms with Crippen molar-refractivity contribution in [1.82, 2.24) is 9.97 Å². The lowest BCUT2D eigenvalue weighted by Gasteiger charge is -2.12. The number of rotatable bonds is 7. The van der Waals surface area contributed by atoms with Crippen LogP contribution in [0.1, 0.15) is 49.0 Å². The Morgan fingerprint density at radius 1 is 1.26 bits per heavy atom. The van der Waals surface area contributed by atoms with Crippen molar-refractivity contribution in [1.29, 1.82) is 0 Å². The molecule has 0 saturated carbocycles. The lowest BCUT2D eigenvalue weighted by molar-refractivity contribution is -0.140. The molecule has 0 saturated heterocycles. The molecular weight excluding hydrogens is 310 g/mol. The molecule has 23 heavy (non-hydrogen) atoms. The minimum absolute atomic E-state index is 0.125. The van der Waals surface area contributed by atoms with Crippen molar-refractivity contribution < 1.29 is 9.53 Å². The van der Waals surface area contributed by atoms with Crippen LogP contribution in [0.4, 0.5) is 5.82 Å². The van der Waals surface area contributed by atoms with Crippen LogP contribution in [-0.4, -0.2) is 29.6 Å². The highest BCUT2D eigenvalue weighted by atomic mass is 32.1. The van der Waals surface area contributed by atoms with Crippen LogP contribution in [0.5, 0.6) is 0 Å². The van der Waals surface area contributed by atoms with Crippen molar-refractivity contribution in [2.45, 2.75) is 51.4 Å². The van der Waals surface area contributed by atoms with Crippen LogP contribution in [0.25, 0.3) is 10.2 Å². The van der Waals surface area contributed by atoms with Crippen LogP contribution >= 0.6 is 11.3 Å². The van der Waals surface area contributed by atoms with Gasteiger partial charge in [-0.15, -0.1) is 11.3 Å². The minimum atomic E-state index is -0.125. The van der Waals surface area contributed by atoms with Crippen LogP contribution < -0.4 is 5.32 Å². The third-order valence-electron chi connectivity index (χ3n) is 4.33. The van der Waals surface area contributed by atoms with E-state index >= 15 is 0 Å². The van der Waals surface area contributed by atoms with Crippen LogP contribution in [0, 0.1) is 0 Å². The first-order valence-corrected chi connectivity index (χ1v) is 9.17. The number of ether oxygens (including phenoxy) is 1. The zero-order valence-electron chi connectivity index (χ0n) is 13.6. The van der Waals surface area contributed by atoms with Crippen molar-refractivity contribution in [2.75, 3.05) is 19.0 Å². The number of aromatic nitrogens is 2. The summed E-state index contributed by atoms with van der Waals surface area (Å²) in [4.78, 5) is 22.6. The van der Waals surface area contributed by atoms with Gasteiger partial charge in [-0.2, -0.15) is 0 Å². The Bertz CT molecular complexity index is 684. The van der Waals surface area contributed by atoms with Crippen molar-refractivity contribution >= 4 is 33.3 Å². The lowest BCUT2D eigenvalue weighted by Crippen LogP contribution is -2.06. The van der Waals surface area contributed by atoms with Crippen molar-refractivity contribution in [3.63, 3.8) is 0 Å². The summed E-state index contributed by atoms with van der Waals surface area (Å²) in [5.41, 5.74) is 1.46. The van der Waals surface area contributed by atoms with Gasteiger partial charge >= 0.3 is 5.97 Å². The first-order chi connectivity index (χ1) is 11.3. The average Bonchev–Trinajstić information content (AvgIpc) is 2.97. The Hall–Kier alpha value is -1.69. The van der Waals surface area contributed by atoms with E-state index in [4.69, 9.17) is 0 Å². The van der Waals surface area contributed by atoms with Crippen LogP contribution in [0.2, 0.25) is 0 Å². The van der Waals surface area contributed by atoms with E-state index in [1.165, 1.54) is 42.2 Å². The number of methoxy groups -OCH3 is 1. The molecule has 0 bridgehead atoms. The first kappa shape index (κ1) is 16.2. The Balaban J connectivity index is 1.58. The molecule has 0 aliphatic heterocycles. The quantitative estimate of drug-likeness (QED) is 0.618. The standard InChI is InChI=1S/C17H23N3O2S/c1-22-14(21)9-3-2-6-10-18-16-15-12-7-4-5-8-13(12)23-17(15)20-11-19-16/h11H,2-10H2,1H3,(H,18,19,20). The fraction of sp³-hybridized carbons (Fsp3) is 0.588. The van der Waals surface area contributed by atoms with Gasteiger partial charge in [-0.05, 0) is 44.1 Å². The van der Waals surface area contributed by atoms with E-state index < -0.39 is 0 Å². The molecule has 3 rings (SSSR count). The van der Waals surface area contributed by atoms with Gasteiger partial charge in [0.25, 0.3) is 0 Å². The Morgan fingerprint density at radius 3 is 3.00 bits per heavy atom. The topological polar surface area (TPSA) is 64.1 Å². The molecule has 124 valence electrons. The molecule has 1 N–H and O–H groups in total. The number of aryl methyl sites for hydroxylation is 2. The molecular formula is C17H23N3O2S. The summed E-state index contributed by atoms with van der Waals surface area (Å²) >= 11 is 1.82.